The highest BCUT2D eigenvalue weighted by Gasteiger charge is 2.08. The van der Waals surface area contributed by atoms with Gasteiger partial charge in [-0.3, -0.25) is 5.43 Å². The normalized spacial score (nSPS) is 10.4. The lowest BCUT2D eigenvalue weighted by molar-refractivity contribution is 0.0734. The number of rotatable bonds is 7. The summed E-state index contributed by atoms with van der Waals surface area (Å²) in [5.74, 6) is 0.725. The number of hydrazone groups is 1. The van der Waals surface area contributed by atoms with Crippen LogP contribution in [0.1, 0.15) is 22.8 Å². The lowest BCUT2D eigenvalue weighted by Gasteiger charge is -2.07. The minimum atomic E-state index is -0.432. The van der Waals surface area contributed by atoms with Crippen molar-refractivity contribution >= 4 is 35.2 Å². The van der Waals surface area contributed by atoms with Gasteiger partial charge in [-0.1, -0.05) is 18.2 Å². The third-order valence-electron chi connectivity index (χ3n) is 3.90. The molecule has 0 bridgehead atoms. The zero-order chi connectivity index (χ0) is 21.2. The number of carbonyl (C=O) groups is 1. The zero-order valence-electron chi connectivity index (χ0n) is 16.4. The van der Waals surface area contributed by atoms with Gasteiger partial charge in [0.05, 0.1) is 18.4 Å². The third kappa shape index (κ3) is 6.42. The Morgan fingerprint density at radius 2 is 1.63 bits per heavy atom. The second kappa shape index (κ2) is 10.7. The van der Waals surface area contributed by atoms with E-state index in [1.54, 1.807) is 54.7 Å². The van der Waals surface area contributed by atoms with Crippen LogP contribution < -0.4 is 20.2 Å². The average molecular weight is 420 g/mol. The van der Waals surface area contributed by atoms with Gasteiger partial charge in [0.25, 0.3) is 0 Å². The van der Waals surface area contributed by atoms with Gasteiger partial charge in [0, 0.05) is 5.69 Å². The second-order valence-electron chi connectivity index (χ2n) is 6.11. The molecule has 3 aromatic carbocycles. The van der Waals surface area contributed by atoms with Crippen LogP contribution in [0.2, 0.25) is 0 Å². The Morgan fingerprint density at radius 1 is 0.967 bits per heavy atom. The van der Waals surface area contributed by atoms with E-state index in [9.17, 15) is 4.79 Å². The Hall–Kier alpha value is -3.71. The van der Waals surface area contributed by atoms with E-state index in [-0.39, 0.29) is 0 Å². The Morgan fingerprint density at radius 3 is 2.30 bits per heavy atom. The van der Waals surface area contributed by atoms with E-state index in [4.69, 9.17) is 21.7 Å². The molecule has 0 atom stereocenters. The van der Waals surface area contributed by atoms with Crippen LogP contribution in [-0.4, -0.2) is 23.9 Å². The molecule has 0 saturated carbocycles. The molecule has 0 radical (unpaired) electrons. The van der Waals surface area contributed by atoms with Crippen molar-refractivity contribution in [3.05, 3.63) is 90.0 Å². The number of anilines is 1. The van der Waals surface area contributed by atoms with Gasteiger partial charge in [0.1, 0.15) is 11.5 Å². The van der Waals surface area contributed by atoms with E-state index in [1.807, 2.05) is 37.3 Å². The molecule has 2 N–H and O–H groups in total. The zero-order valence-corrected chi connectivity index (χ0v) is 17.2. The van der Waals surface area contributed by atoms with Crippen molar-refractivity contribution in [3.8, 4) is 11.5 Å². The van der Waals surface area contributed by atoms with E-state index >= 15 is 0 Å². The van der Waals surface area contributed by atoms with E-state index in [2.05, 4.69) is 15.8 Å². The first-order valence-electron chi connectivity index (χ1n) is 9.34. The molecule has 30 heavy (non-hydrogen) atoms. The van der Waals surface area contributed by atoms with Gasteiger partial charge in [0.15, 0.2) is 5.11 Å². The molecule has 0 unspecified atom stereocenters. The number of esters is 1. The summed E-state index contributed by atoms with van der Waals surface area (Å²) < 4.78 is 10.8. The highest BCUT2D eigenvalue weighted by molar-refractivity contribution is 7.80. The summed E-state index contributed by atoms with van der Waals surface area (Å²) in [5, 5.41) is 7.51. The average Bonchev–Trinajstić information content (AvgIpc) is 2.76. The number of thiocarbonyl (C=S) groups is 1. The summed E-state index contributed by atoms with van der Waals surface area (Å²) in [6.07, 6.45) is 1.62. The summed E-state index contributed by atoms with van der Waals surface area (Å²) in [5.41, 5.74) is 4.91. The van der Waals surface area contributed by atoms with Crippen LogP contribution in [-0.2, 0) is 0 Å². The molecular formula is C23H21N3O3S. The maximum atomic E-state index is 12.2. The minimum absolute atomic E-state index is 0.387. The smallest absolute Gasteiger partial charge is 0.343 e. The molecule has 0 heterocycles. The predicted octanol–water partition coefficient (Wildman–Crippen LogP) is 4.63. The highest BCUT2D eigenvalue weighted by Crippen LogP contribution is 2.16. The Bertz CT molecular complexity index is 1000. The standard InChI is InChI=1S/C23H21N3O3S/c1-2-28-20-14-10-18(11-15-20)22(27)29-21-12-8-17(9-13-21)16-24-26-23(30)25-19-6-4-3-5-7-19/h3-16H,2H2,1H3,(H2,25,26,30)/b24-16-. The molecule has 6 nitrogen and oxygen atoms in total. The summed E-state index contributed by atoms with van der Waals surface area (Å²) >= 11 is 5.19. The fourth-order valence-corrected chi connectivity index (χ4v) is 2.66. The molecular weight excluding hydrogens is 398 g/mol. The van der Waals surface area contributed by atoms with Crippen molar-refractivity contribution in [2.75, 3.05) is 11.9 Å². The summed E-state index contributed by atoms with van der Waals surface area (Å²) in [6, 6.07) is 23.4. The first-order chi connectivity index (χ1) is 14.6. The molecule has 0 aromatic heterocycles. The summed E-state index contributed by atoms with van der Waals surface area (Å²) in [7, 11) is 0. The van der Waals surface area contributed by atoms with Crippen LogP contribution in [0, 0.1) is 0 Å². The molecule has 0 aliphatic carbocycles. The maximum absolute atomic E-state index is 12.2. The maximum Gasteiger partial charge on any atom is 0.343 e. The monoisotopic (exact) mass is 419 g/mol. The third-order valence-corrected chi connectivity index (χ3v) is 4.10. The van der Waals surface area contributed by atoms with Crippen molar-refractivity contribution in [2.45, 2.75) is 6.92 Å². The van der Waals surface area contributed by atoms with Gasteiger partial charge in [-0.15, -0.1) is 0 Å². The number of ether oxygens (including phenoxy) is 2. The number of carbonyl (C=O) groups excluding carboxylic acids is 1. The molecule has 0 saturated heterocycles. The number of hydrogen-bond donors (Lipinski definition) is 2. The lowest BCUT2D eigenvalue weighted by atomic mass is 10.2. The number of para-hydroxylation sites is 1. The molecule has 3 aromatic rings. The fourth-order valence-electron chi connectivity index (χ4n) is 2.49. The molecule has 0 aliphatic rings. The van der Waals surface area contributed by atoms with Crippen molar-refractivity contribution < 1.29 is 14.3 Å². The quantitative estimate of drug-likeness (QED) is 0.191. The number of hydrogen-bond acceptors (Lipinski definition) is 5. The molecule has 0 fully saturated rings. The van der Waals surface area contributed by atoms with Gasteiger partial charge in [-0.2, -0.15) is 5.10 Å². The molecule has 7 heteroatoms. The topological polar surface area (TPSA) is 72.0 Å². The predicted molar refractivity (Wildman–Crippen MR) is 122 cm³/mol. The molecule has 0 amide bonds. The SMILES string of the molecule is CCOc1ccc(C(=O)Oc2ccc(/C=N\NC(=S)Nc3ccccc3)cc2)cc1. The van der Waals surface area contributed by atoms with Crippen LogP contribution >= 0.6 is 12.2 Å². The van der Waals surface area contributed by atoms with Crippen molar-refractivity contribution in [1.82, 2.24) is 5.43 Å². The molecule has 0 aliphatic heterocycles. The largest absolute Gasteiger partial charge is 0.494 e. The molecule has 152 valence electrons. The Balaban J connectivity index is 1.50. The van der Waals surface area contributed by atoms with Gasteiger partial charge < -0.3 is 14.8 Å². The van der Waals surface area contributed by atoms with Crippen molar-refractivity contribution in [2.24, 2.45) is 5.10 Å². The second-order valence-corrected chi connectivity index (χ2v) is 6.51. The number of nitrogens with one attached hydrogen (secondary N) is 2. The molecule has 3 rings (SSSR count). The first-order valence-corrected chi connectivity index (χ1v) is 9.75. The highest BCUT2D eigenvalue weighted by atomic mass is 32.1. The lowest BCUT2D eigenvalue weighted by Crippen LogP contribution is -2.23. The Labute approximate surface area is 180 Å². The van der Waals surface area contributed by atoms with Crippen LogP contribution in [0.3, 0.4) is 0 Å². The van der Waals surface area contributed by atoms with E-state index in [1.165, 1.54) is 0 Å². The van der Waals surface area contributed by atoms with Crippen LogP contribution in [0.25, 0.3) is 0 Å². The fraction of sp³-hybridized carbons (Fsp3) is 0.0870. The number of benzene rings is 3. The van der Waals surface area contributed by atoms with Crippen LogP contribution in [0.5, 0.6) is 11.5 Å². The first kappa shape index (κ1) is 21.0. The van der Waals surface area contributed by atoms with Crippen LogP contribution in [0.4, 0.5) is 5.69 Å². The van der Waals surface area contributed by atoms with E-state index < -0.39 is 5.97 Å². The van der Waals surface area contributed by atoms with Crippen LogP contribution in [0.15, 0.2) is 84.0 Å². The summed E-state index contributed by atoms with van der Waals surface area (Å²) in [6.45, 7) is 2.48. The Kier molecular flexibility index (Phi) is 7.51. The number of nitrogens with zero attached hydrogens (tertiary/aromatic N) is 1. The van der Waals surface area contributed by atoms with E-state index in [0.29, 0.717) is 28.8 Å². The van der Waals surface area contributed by atoms with Gasteiger partial charge in [-0.25, -0.2) is 4.79 Å². The van der Waals surface area contributed by atoms with E-state index in [0.717, 1.165) is 11.3 Å². The summed E-state index contributed by atoms with van der Waals surface area (Å²) in [4.78, 5) is 12.2. The van der Waals surface area contributed by atoms with Gasteiger partial charge >= 0.3 is 5.97 Å². The van der Waals surface area contributed by atoms with Gasteiger partial charge in [0.2, 0.25) is 0 Å². The van der Waals surface area contributed by atoms with Crippen molar-refractivity contribution in [3.63, 3.8) is 0 Å². The van der Waals surface area contributed by atoms with Crippen molar-refractivity contribution in [1.29, 1.82) is 0 Å². The molecule has 0 spiro atoms. The van der Waals surface area contributed by atoms with Gasteiger partial charge in [-0.05, 0) is 85.4 Å². The minimum Gasteiger partial charge on any atom is -0.494 e.